The largest absolute Gasteiger partial charge is 0.370 e. The first-order chi connectivity index (χ1) is 8.65. The van der Waals surface area contributed by atoms with Gasteiger partial charge in [0.25, 0.3) is 0 Å². The molecule has 2 saturated heterocycles. The number of nitrogens with zero attached hydrogens (tertiary/aromatic N) is 1. The van der Waals surface area contributed by atoms with Crippen molar-refractivity contribution >= 4 is 24.2 Å². The summed E-state index contributed by atoms with van der Waals surface area (Å²) in [6.45, 7) is 2.60. The summed E-state index contributed by atoms with van der Waals surface area (Å²) in [4.78, 5) is 24.9. The molecule has 0 aliphatic carbocycles. The molecule has 2 heterocycles. The van der Waals surface area contributed by atoms with Gasteiger partial charge in [-0.2, -0.15) is 0 Å². The summed E-state index contributed by atoms with van der Waals surface area (Å²) in [5, 5.41) is 3.35. The van der Waals surface area contributed by atoms with Crippen LogP contribution in [0.25, 0.3) is 0 Å². The average molecular weight is 290 g/mol. The summed E-state index contributed by atoms with van der Waals surface area (Å²) in [6.07, 6.45) is 5.20. The molecule has 6 heteroatoms. The summed E-state index contributed by atoms with van der Waals surface area (Å²) >= 11 is 0. The Morgan fingerprint density at radius 3 is 2.37 bits per heavy atom. The quantitative estimate of drug-likeness (QED) is 0.798. The fraction of sp³-hybridized carbons (Fsp3) is 0.846. The van der Waals surface area contributed by atoms with E-state index in [4.69, 9.17) is 5.73 Å². The minimum atomic E-state index is -0.227. The van der Waals surface area contributed by atoms with Crippen LogP contribution in [0.4, 0.5) is 0 Å². The van der Waals surface area contributed by atoms with Crippen molar-refractivity contribution in [2.45, 2.75) is 44.6 Å². The predicted molar refractivity (Wildman–Crippen MR) is 76.0 cm³/mol. The maximum absolute atomic E-state index is 12.1. The molecule has 2 fully saturated rings. The van der Waals surface area contributed by atoms with Gasteiger partial charge >= 0.3 is 0 Å². The Hall–Kier alpha value is -0.810. The number of nitrogens with two attached hydrogens (primary N) is 1. The van der Waals surface area contributed by atoms with E-state index in [1.807, 2.05) is 4.90 Å². The fourth-order valence-corrected chi connectivity index (χ4v) is 2.94. The van der Waals surface area contributed by atoms with Crippen molar-refractivity contribution in [3.63, 3.8) is 0 Å². The first-order valence-corrected chi connectivity index (χ1v) is 6.94. The van der Waals surface area contributed by atoms with Crippen LogP contribution >= 0.6 is 12.4 Å². The number of carbonyl (C=O) groups is 2. The van der Waals surface area contributed by atoms with Crippen molar-refractivity contribution in [2.75, 3.05) is 19.6 Å². The van der Waals surface area contributed by atoms with Crippen LogP contribution in [-0.2, 0) is 9.59 Å². The topological polar surface area (TPSA) is 75.4 Å². The number of primary amides is 1. The van der Waals surface area contributed by atoms with Crippen LogP contribution in [0.5, 0.6) is 0 Å². The Morgan fingerprint density at radius 2 is 1.84 bits per heavy atom. The van der Waals surface area contributed by atoms with Crippen molar-refractivity contribution in [2.24, 2.45) is 11.7 Å². The van der Waals surface area contributed by atoms with E-state index in [1.54, 1.807) is 0 Å². The molecule has 0 radical (unpaired) electrons. The molecule has 5 nitrogen and oxygen atoms in total. The number of rotatable bonds is 4. The van der Waals surface area contributed by atoms with E-state index in [2.05, 4.69) is 5.32 Å². The smallest absolute Gasteiger partial charge is 0.224 e. The maximum atomic E-state index is 12.1. The molecule has 2 rings (SSSR count). The van der Waals surface area contributed by atoms with E-state index in [0.29, 0.717) is 24.8 Å². The van der Waals surface area contributed by atoms with Gasteiger partial charge in [0.2, 0.25) is 11.8 Å². The zero-order valence-electron chi connectivity index (χ0n) is 11.3. The lowest BCUT2D eigenvalue weighted by Crippen LogP contribution is -2.41. The molecule has 0 bridgehead atoms. The highest BCUT2D eigenvalue weighted by Gasteiger charge is 2.26. The second-order valence-electron chi connectivity index (χ2n) is 5.49. The Labute approximate surface area is 120 Å². The Bertz CT molecular complexity index is 311. The third-order valence-corrected chi connectivity index (χ3v) is 4.04. The van der Waals surface area contributed by atoms with Crippen LogP contribution in [0.15, 0.2) is 0 Å². The molecule has 1 unspecified atom stereocenters. The molecule has 0 aromatic heterocycles. The van der Waals surface area contributed by atoms with E-state index in [0.717, 1.165) is 38.9 Å². The normalized spacial score (nSPS) is 24.0. The molecule has 2 aliphatic rings. The summed E-state index contributed by atoms with van der Waals surface area (Å²) in [5.41, 5.74) is 5.20. The predicted octanol–water partition coefficient (Wildman–Crippen LogP) is 0.664. The third kappa shape index (κ3) is 4.99. The molecule has 0 saturated carbocycles. The molecular weight excluding hydrogens is 266 g/mol. The summed E-state index contributed by atoms with van der Waals surface area (Å²) < 4.78 is 0. The minimum absolute atomic E-state index is 0. The van der Waals surface area contributed by atoms with Crippen LogP contribution in [0.2, 0.25) is 0 Å². The zero-order valence-corrected chi connectivity index (χ0v) is 12.1. The van der Waals surface area contributed by atoms with Gasteiger partial charge in [-0.15, -0.1) is 12.4 Å². The van der Waals surface area contributed by atoms with Gasteiger partial charge in [-0.1, -0.05) is 0 Å². The highest BCUT2D eigenvalue weighted by atomic mass is 35.5. The lowest BCUT2D eigenvalue weighted by Gasteiger charge is -2.32. The summed E-state index contributed by atoms with van der Waals surface area (Å²) in [6, 6.07) is 0.376. The first-order valence-electron chi connectivity index (χ1n) is 6.94. The number of hydrogen-bond acceptors (Lipinski definition) is 3. The maximum Gasteiger partial charge on any atom is 0.224 e. The van der Waals surface area contributed by atoms with Gasteiger partial charge in [-0.05, 0) is 38.1 Å². The van der Waals surface area contributed by atoms with Crippen molar-refractivity contribution in [1.82, 2.24) is 10.2 Å². The number of hydrogen-bond donors (Lipinski definition) is 2. The van der Waals surface area contributed by atoms with Crippen LogP contribution < -0.4 is 11.1 Å². The number of piperidine rings is 1. The Balaban J connectivity index is 0.00000180. The van der Waals surface area contributed by atoms with Gasteiger partial charge in [-0.25, -0.2) is 0 Å². The molecular formula is C13H24ClN3O2. The SMILES string of the molecule is Cl.NC(=O)CC1CCN(C(=O)CC2CCCN2)CC1. The summed E-state index contributed by atoms with van der Waals surface area (Å²) in [7, 11) is 0. The lowest BCUT2D eigenvalue weighted by atomic mass is 9.93. The Kier molecular flexibility index (Phi) is 6.58. The summed E-state index contributed by atoms with van der Waals surface area (Å²) in [5.74, 6) is 0.401. The van der Waals surface area contributed by atoms with Crippen molar-refractivity contribution in [3.8, 4) is 0 Å². The highest BCUT2D eigenvalue weighted by Crippen LogP contribution is 2.21. The van der Waals surface area contributed by atoms with Crippen LogP contribution in [-0.4, -0.2) is 42.4 Å². The van der Waals surface area contributed by atoms with Crippen molar-refractivity contribution in [1.29, 1.82) is 0 Å². The van der Waals surface area contributed by atoms with Gasteiger partial charge in [-0.3, -0.25) is 9.59 Å². The van der Waals surface area contributed by atoms with E-state index in [1.165, 1.54) is 6.42 Å². The van der Waals surface area contributed by atoms with E-state index < -0.39 is 0 Å². The van der Waals surface area contributed by atoms with Gasteiger partial charge in [0.15, 0.2) is 0 Å². The number of carbonyl (C=O) groups excluding carboxylic acids is 2. The standard InChI is InChI=1S/C13H23N3O2.ClH/c14-12(17)8-10-3-6-16(7-4-10)13(18)9-11-2-1-5-15-11;/h10-11,15H,1-9H2,(H2,14,17);1H. The van der Waals surface area contributed by atoms with Gasteiger partial charge in [0.05, 0.1) is 0 Å². The molecule has 2 aliphatic heterocycles. The molecule has 0 aromatic carbocycles. The van der Waals surface area contributed by atoms with Gasteiger partial charge < -0.3 is 16.0 Å². The van der Waals surface area contributed by atoms with Crippen LogP contribution in [0, 0.1) is 5.92 Å². The van der Waals surface area contributed by atoms with Gasteiger partial charge in [0.1, 0.15) is 0 Å². The van der Waals surface area contributed by atoms with Crippen molar-refractivity contribution in [3.05, 3.63) is 0 Å². The third-order valence-electron chi connectivity index (χ3n) is 4.04. The lowest BCUT2D eigenvalue weighted by molar-refractivity contribution is -0.133. The van der Waals surface area contributed by atoms with E-state index in [9.17, 15) is 9.59 Å². The molecule has 3 N–H and O–H groups in total. The second kappa shape index (κ2) is 7.70. The van der Waals surface area contributed by atoms with Gasteiger partial charge in [0, 0.05) is 32.0 Å². The number of likely N-dealkylation sites (tertiary alicyclic amines) is 1. The molecule has 2 amide bonds. The van der Waals surface area contributed by atoms with Crippen LogP contribution in [0.3, 0.4) is 0 Å². The fourth-order valence-electron chi connectivity index (χ4n) is 2.94. The molecule has 19 heavy (non-hydrogen) atoms. The number of halogens is 1. The molecule has 1 atom stereocenters. The highest BCUT2D eigenvalue weighted by molar-refractivity contribution is 5.85. The first kappa shape index (κ1) is 16.2. The minimum Gasteiger partial charge on any atom is -0.370 e. The van der Waals surface area contributed by atoms with E-state index >= 15 is 0 Å². The monoisotopic (exact) mass is 289 g/mol. The zero-order chi connectivity index (χ0) is 13.0. The van der Waals surface area contributed by atoms with Crippen molar-refractivity contribution < 1.29 is 9.59 Å². The molecule has 0 spiro atoms. The molecule has 0 aromatic rings. The molecule has 110 valence electrons. The number of amides is 2. The number of nitrogens with one attached hydrogen (secondary N) is 1. The van der Waals surface area contributed by atoms with Crippen LogP contribution in [0.1, 0.15) is 38.5 Å². The Morgan fingerprint density at radius 1 is 1.16 bits per heavy atom. The average Bonchev–Trinajstić information content (AvgIpc) is 2.82. The second-order valence-corrected chi connectivity index (χ2v) is 5.49. The van der Waals surface area contributed by atoms with E-state index in [-0.39, 0.29) is 24.2 Å².